The maximum absolute atomic E-state index is 13.3. The van der Waals surface area contributed by atoms with Crippen LogP contribution in [-0.4, -0.2) is 28.0 Å². The van der Waals surface area contributed by atoms with Crippen LogP contribution in [0.15, 0.2) is 71.2 Å². The Morgan fingerprint density at radius 3 is 2.50 bits per heavy atom. The molecule has 0 fully saturated rings. The molecule has 4 aromatic carbocycles. The van der Waals surface area contributed by atoms with Crippen LogP contribution in [0.25, 0.3) is 27.5 Å². The van der Waals surface area contributed by atoms with Crippen LogP contribution >= 0.6 is 27.5 Å². The Balaban J connectivity index is 1.45. The summed E-state index contributed by atoms with van der Waals surface area (Å²) in [5, 5.41) is 14.3. The van der Waals surface area contributed by atoms with E-state index >= 15 is 0 Å². The van der Waals surface area contributed by atoms with Gasteiger partial charge in [0.1, 0.15) is 16.8 Å². The Labute approximate surface area is 222 Å². The molecule has 36 heavy (non-hydrogen) atoms. The molecule has 0 radical (unpaired) electrons. The van der Waals surface area contributed by atoms with Crippen LogP contribution < -0.4 is 10.1 Å². The summed E-state index contributed by atoms with van der Waals surface area (Å²) >= 11 is 10.1. The Bertz CT molecular complexity index is 1580. The van der Waals surface area contributed by atoms with Gasteiger partial charge in [0.05, 0.1) is 33.5 Å². The van der Waals surface area contributed by atoms with Crippen LogP contribution in [0.5, 0.6) is 5.75 Å². The largest absolute Gasteiger partial charge is 0.495 e. The van der Waals surface area contributed by atoms with Crippen molar-refractivity contribution >= 4 is 60.9 Å². The van der Waals surface area contributed by atoms with Crippen LogP contribution in [0.1, 0.15) is 35.7 Å². The molecule has 8 heteroatoms. The summed E-state index contributed by atoms with van der Waals surface area (Å²) in [6.45, 7) is 2.19. The van der Waals surface area contributed by atoms with Crippen molar-refractivity contribution in [2.45, 2.75) is 26.2 Å². The predicted molar refractivity (Wildman–Crippen MR) is 149 cm³/mol. The van der Waals surface area contributed by atoms with Gasteiger partial charge in [0, 0.05) is 0 Å². The van der Waals surface area contributed by atoms with Crippen molar-refractivity contribution in [2.24, 2.45) is 0 Å². The topological polar surface area (TPSA) is 69.0 Å². The summed E-state index contributed by atoms with van der Waals surface area (Å²) in [6, 6.07) is 21.3. The lowest BCUT2D eigenvalue weighted by Gasteiger charge is -2.14. The highest BCUT2D eigenvalue weighted by atomic mass is 79.9. The first kappa shape index (κ1) is 24.3. The number of carbonyl (C=O) groups is 1. The van der Waals surface area contributed by atoms with E-state index in [1.165, 1.54) is 12.0 Å². The molecule has 182 valence electrons. The monoisotopic (exact) mass is 562 g/mol. The minimum absolute atomic E-state index is 0.338. The molecule has 0 bridgehead atoms. The summed E-state index contributed by atoms with van der Waals surface area (Å²) in [4.78, 5) is 14.9. The van der Waals surface area contributed by atoms with Crippen LogP contribution in [0, 0.1) is 0 Å². The quantitative estimate of drug-likeness (QED) is 0.221. The molecule has 1 amide bonds. The molecule has 6 nitrogen and oxygen atoms in total. The van der Waals surface area contributed by atoms with Crippen molar-refractivity contribution < 1.29 is 9.53 Å². The van der Waals surface area contributed by atoms with E-state index in [4.69, 9.17) is 16.3 Å². The summed E-state index contributed by atoms with van der Waals surface area (Å²) in [5.41, 5.74) is 4.25. The number of rotatable bonds is 7. The Morgan fingerprint density at radius 1 is 1.06 bits per heavy atom. The summed E-state index contributed by atoms with van der Waals surface area (Å²) in [6.07, 6.45) is 3.39. The number of carbonyl (C=O) groups excluding carboxylic acids is 1. The van der Waals surface area contributed by atoms with Crippen molar-refractivity contribution in [3.05, 3.63) is 87.4 Å². The lowest BCUT2D eigenvalue weighted by molar-refractivity contribution is 0.102. The molecule has 0 saturated carbocycles. The molecule has 0 aliphatic rings. The van der Waals surface area contributed by atoms with E-state index in [1.54, 1.807) is 30.1 Å². The third-order valence-electron chi connectivity index (χ3n) is 6.09. The van der Waals surface area contributed by atoms with E-state index in [9.17, 15) is 4.79 Å². The lowest BCUT2D eigenvalue weighted by atomic mass is 10.0. The summed E-state index contributed by atoms with van der Waals surface area (Å²) in [5.74, 6) is 0.117. The Morgan fingerprint density at radius 2 is 1.78 bits per heavy atom. The van der Waals surface area contributed by atoms with E-state index in [0.717, 1.165) is 33.8 Å². The molecule has 0 atom stereocenters. The van der Waals surface area contributed by atoms with E-state index in [1.807, 2.05) is 36.4 Å². The van der Waals surface area contributed by atoms with Crippen LogP contribution in [0.3, 0.4) is 0 Å². The molecule has 5 aromatic rings. The minimum Gasteiger partial charge on any atom is -0.495 e. The van der Waals surface area contributed by atoms with Crippen LogP contribution in [0.2, 0.25) is 5.02 Å². The number of anilines is 1. The molecule has 0 aliphatic carbocycles. The van der Waals surface area contributed by atoms with Gasteiger partial charge in [0.15, 0.2) is 0 Å². The Hall–Kier alpha value is -3.42. The molecule has 1 aromatic heterocycles. The molecule has 0 unspecified atom stereocenters. The van der Waals surface area contributed by atoms with Crippen molar-refractivity contribution in [1.29, 1.82) is 0 Å². The minimum atomic E-state index is -0.338. The number of methoxy groups -OCH3 is 1. The smallest absolute Gasteiger partial charge is 0.259 e. The average Bonchev–Trinajstić information content (AvgIpc) is 3.30. The number of benzene rings is 4. The number of nitrogens with zero attached hydrogens (tertiary/aromatic N) is 3. The molecule has 1 heterocycles. The van der Waals surface area contributed by atoms with Crippen molar-refractivity contribution in [3.63, 3.8) is 0 Å². The van der Waals surface area contributed by atoms with Gasteiger partial charge >= 0.3 is 0 Å². The van der Waals surface area contributed by atoms with Crippen LogP contribution in [-0.2, 0) is 6.42 Å². The maximum Gasteiger partial charge on any atom is 0.259 e. The SMILES string of the molecule is CCCCc1ccc(-n2nc3cc(Cl)c(NC(=O)c4cc5ccccc5c(Br)c4OC)cc3n2)cc1. The van der Waals surface area contributed by atoms with Gasteiger partial charge in [-0.05, 0) is 75.4 Å². The third kappa shape index (κ3) is 4.68. The van der Waals surface area contributed by atoms with E-state index < -0.39 is 0 Å². The Kier molecular flexibility index (Phi) is 6.94. The molecule has 0 aliphatic heterocycles. The number of nitrogens with one attached hydrogen (secondary N) is 1. The molecule has 0 spiro atoms. The summed E-state index contributed by atoms with van der Waals surface area (Å²) in [7, 11) is 1.54. The number of aryl methyl sites for hydroxylation is 1. The molecular weight excluding hydrogens is 540 g/mol. The maximum atomic E-state index is 13.3. The zero-order valence-corrected chi connectivity index (χ0v) is 22.2. The van der Waals surface area contributed by atoms with Gasteiger partial charge in [-0.15, -0.1) is 10.2 Å². The highest BCUT2D eigenvalue weighted by Crippen LogP contribution is 2.37. The van der Waals surface area contributed by atoms with Gasteiger partial charge < -0.3 is 10.1 Å². The average molecular weight is 564 g/mol. The molecule has 0 saturated heterocycles. The predicted octanol–water partition coefficient (Wildman–Crippen LogP) is 7.59. The normalized spacial score (nSPS) is 11.2. The lowest BCUT2D eigenvalue weighted by Crippen LogP contribution is -2.14. The third-order valence-corrected chi connectivity index (χ3v) is 7.19. The number of amides is 1. The fraction of sp³-hybridized carbons (Fsp3) is 0.179. The van der Waals surface area contributed by atoms with E-state index in [-0.39, 0.29) is 5.91 Å². The highest BCUT2D eigenvalue weighted by Gasteiger charge is 2.20. The molecule has 5 rings (SSSR count). The van der Waals surface area contributed by atoms with Crippen molar-refractivity contribution in [3.8, 4) is 11.4 Å². The number of halogens is 2. The van der Waals surface area contributed by atoms with Gasteiger partial charge in [-0.1, -0.05) is 61.3 Å². The first-order valence-corrected chi connectivity index (χ1v) is 12.9. The van der Waals surface area contributed by atoms with Crippen molar-refractivity contribution in [1.82, 2.24) is 15.0 Å². The zero-order chi connectivity index (χ0) is 25.2. The number of hydrogen-bond acceptors (Lipinski definition) is 4. The second-order valence-electron chi connectivity index (χ2n) is 8.53. The zero-order valence-electron chi connectivity index (χ0n) is 19.9. The number of unbranched alkanes of at least 4 members (excludes halogenated alkanes) is 1. The van der Waals surface area contributed by atoms with Gasteiger partial charge in [0.25, 0.3) is 5.91 Å². The second-order valence-corrected chi connectivity index (χ2v) is 9.73. The van der Waals surface area contributed by atoms with Crippen LogP contribution in [0.4, 0.5) is 5.69 Å². The highest BCUT2D eigenvalue weighted by molar-refractivity contribution is 9.10. The van der Waals surface area contributed by atoms with Crippen molar-refractivity contribution in [2.75, 3.05) is 12.4 Å². The standard InChI is InChI=1S/C28H24BrClN4O2/c1-3-4-7-17-10-12-19(13-11-17)34-32-24-15-22(30)23(16-25(24)33-34)31-28(35)21-14-18-8-5-6-9-20(18)26(29)27(21)36-2/h5-6,8-16H,3-4,7H2,1-2H3,(H,31,35). The van der Waals surface area contributed by atoms with Gasteiger partial charge in [-0.25, -0.2) is 0 Å². The molecular formula is C28H24BrClN4O2. The number of aromatic nitrogens is 3. The number of ether oxygens (including phenoxy) is 1. The van der Waals surface area contributed by atoms with Gasteiger partial charge in [-0.3, -0.25) is 4.79 Å². The fourth-order valence-electron chi connectivity index (χ4n) is 4.17. The number of fused-ring (bicyclic) bond motifs is 2. The van der Waals surface area contributed by atoms with E-state index in [2.05, 4.69) is 50.5 Å². The first-order chi connectivity index (χ1) is 17.5. The fourth-order valence-corrected chi connectivity index (χ4v) is 5.11. The van der Waals surface area contributed by atoms with Gasteiger partial charge in [-0.2, -0.15) is 4.80 Å². The van der Waals surface area contributed by atoms with Gasteiger partial charge in [0.2, 0.25) is 0 Å². The summed E-state index contributed by atoms with van der Waals surface area (Å²) < 4.78 is 6.28. The number of hydrogen-bond donors (Lipinski definition) is 1. The second kappa shape index (κ2) is 10.3. The van der Waals surface area contributed by atoms with E-state index in [0.29, 0.717) is 33.1 Å². The molecule has 1 N–H and O–H groups in total. The first-order valence-electron chi connectivity index (χ1n) is 11.7.